The average Bonchev–Trinajstić information content (AvgIpc) is 3.15. The molecule has 1 saturated heterocycles. The predicted molar refractivity (Wildman–Crippen MR) is 99.9 cm³/mol. The van der Waals surface area contributed by atoms with Gasteiger partial charge in [-0.15, -0.1) is 0 Å². The van der Waals surface area contributed by atoms with Crippen LogP contribution in [0.4, 0.5) is 4.39 Å². The van der Waals surface area contributed by atoms with Crippen LogP contribution in [-0.4, -0.2) is 56.6 Å². The molecule has 28 heavy (non-hydrogen) atoms. The van der Waals surface area contributed by atoms with Crippen molar-refractivity contribution in [2.24, 2.45) is 0 Å². The molecule has 4 rings (SSSR count). The van der Waals surface area contributed by atoms with Crippen molar-refractivity contribution in [2.45, 2.75) is 32.0 Å². The first kappa shape index (κ1) is 18.6. The number of fused-ring (bicyclic) bond motifs is 1. The number of rotatable bonds is 6. The molecule has 0 aromatic carbocycles. The van der Waals surface area contributed by atoms with E-state index in [1.165, 1.54) is 0 Å². The van der Waals surface area contributed by atoms with Gasteiger partial charge in [0.1, 0.15) is 12.2 Å². The Kier molecular flexibility index (Phi) is 5.36. The van der Waals surface area contributed by atoms with Gasteiger partial charge in [-0.25, -0.2) is 4.52 Å². The first-order chi connectivity index (χ1) is 13.7. The van der Waals surface area contributed by atoms with Crippen LogP contribution in [0, 0.1) is 5.82 Å². The molecule has 9 heteroatoms. The molecule has 0 bridgehead atoms. The van der Waals surface area contributed by atoms with Crippen LogP contribution in [0.1, 0.15) is 19.8 Å². The van der Waals surface area contributed by atoms with E-state index in [2.05, 4.69) is 20.4 Å². The second-order valence-corrected chi connectivity index (χ2v) is 6.76. The first-order valence-electron chi connectivity index (χ1n) is 9.31. The number of aliphatic hydroxyl groups excluding tert-OH is 1. The van der Waals surface area contributed by atoms with Crippen molar-refractivity contribution < 1.29 is 19.0 Å². The fraction of sp³-hybridized carbons (Fsp3) is 0.421. The van der Waals surface area contributed by atoms with Crippen LogP contribution in [0.3, 0.4) is 0 Å². The number of aromatic nitrogens is 4. The van der Waals surface area contributed by atoms with E-state index in [1.807, 2.05) is 18.2 Å². The van der Waals surface area contributed by atoms with Crippen molar-refractivity contribution in [2.75, 3.05) is 19.7 Å². The molecule has 0 amide bonds. The number of pyridine rings is 1. The van der Waals surface area contributed by atoms with Gasteiger partial charge in [-0.1, -0.05) is 6.07 Å². The number of hydrogen-bond donors (Lipinski definition) is 2. The molecule has 8 nitrogen and oxygen atoms in total. The Hall–Kier alpha value is -2.78. The molecule has 0 spiro atoms. The fourth-order valence-corrected chi connectivity index (χ4v) is 3.10. The van der Waals surface area contributed by atoms with E-state index in [4.69, 9.17) is 9.47 Å². The van der Waals surface area contributed by atoms with Crippen molar-refractivity contribution in [3.8, 4) is 23.1 Å². The number of nitrogens with one attached hydrogen (secondary N) is 1. The van der Waals surface area contributed by atoms with E-state index in [0.717, 1.165) is 24.9 Å². The summed E-state index contributed by atoms with van der Waals surface area (Å²) in [6.45, 7) is 2.90. The van der Waals surface area contributed by atoms with Crippen LogP contribution < -0.4 is 14.8 Å². The summed E-state index contributed by atoms with van der Waals surface area (Å²) >= 11 is 0. The molecule has 1 fully saturated rings. The smallest absolute Gasteiger partial charge is 0.258 e. The molecular formula is C19H22FN5O3. The Morgan fingerprint density at radius 2 is 2.21 bits per heavy atom. The van der Waals surface area contributed by atoms with E-state index < -0.39 is 11.9 Å². The second-order valence-electron chi connectivity index (χ2n) is 6.76. The van der Waals surface area contributed by atoms with Crippen LogP contribution in [-0.2, 0) is 0 Å². The molecule has 3 aromatic heterocycles. The molecule has 0 aliphatic carbocycles. The second kappa shape index (κ2) is 8.07. The highest BCUT2D eigenvalue weighted by Crippen LogP contribution is 2.31. The van der Waals surface area contributed by atoms with Gasteiger partial charge < -0.3 is 19.9 Å². The summed E-state index contributed by atoms with van der Waals surface area (Å²) in [4.78, 5) is 8.56. The maximum absolute atomic E-state index is 15.0. The highest BCUT2D eigenvalue weighted by molar-refractivity contribution is 5.75. The minimum Gasteiger partial charge on any atom is -0.471 e. The lowest BCUT2D eigenvalue weighted by atomic mass is 10.1. The third-order valence-electron chi connectivity index (χ3n) is 4.56. The normalized spacial score (nSPS) is 18.2. The Labute approximate surface area is 161 Å². The third-order valence-corrected chi connectivity index (χ3v) is 4.56. The zero-order valence-corrected chi connectivity index (χ0v) is 15.5. The molecule has 0 saturated carbocycles. The Morgan fingerprint density at radius 1 is 1.36 bits per heavy atom. The summed E-state index contributed by atoms with van der Waals surface area (Å²) < 4.78 is 28.0. The van der Waals surface area contributed by atoms with Gasteiger partial charge in [-0.2, -0.15) is 19.5 Å². The summed E-state index contributed by atoms with van der Waals surface area (Å²) in [5.41, 5.74) is 1.41. The van der Waals surface area contributed by atoms with E-state index in [-0.39, 0.29) is 30.3 Å². The zero-order chi connectivity index (χ0) is 19.5. The number of hydrogen-bond acceptors (Lipinski definition) is 7. The molecule has 4 heterocycles. The van der Waals surface area contributed by atoms with Crippen molar-refractivity contribution in [1.82, 2.24) is 24.9 Å². The SMILES string of the molecule is CC(CO)Oc1nc(-c2cnn3ccccc23)nc(O[C@@H]2CCCNC2)c1F. The Balaban J connectivity index is 1.76. The maximum Gasteiger partial charge on any atom is 0.258 e. The lowest BCUT2D eigenvalue weighted by Gasteiger charge is -2.24. The zero-order valence-electron chi connectivity index (χ0n) is 15.5. The molecule has 0 radical (unpaired) electrons. The lowest BCUT2D eigenvalue weighted by Crippen LogP contribution is -2.37. The van der Waals surface area contributed by atoms with Gasteiger partial charge in [0.15, 0.2) is 5.82 Å². The van der Waals surface area contributed by atoms with Gasteiger partial charge >= 0.3 is 0 Å². The Morgan fingerprint density at radius 3 is 3.00 bits per heavy atom. The largest absolute Gasteiger partial charge is 0.471 e. The average molecular weight is 387 g/mol. The fourth-order valence-electron chi connectivity index (χ4n) is 3.10. The van der Waals surface area contributed by atoms with Crippen molar-refractivity contribution >= 4 is 5.52 Å². The summed E-state index contributed by atoms with van der Waals surface area (Å²) in [5, 5.41) is 16.8. The molecule has 1 unspecified atom stereocenters. The van der Waals surface area contributed by atoms with Gasteiger partial charge in [0.05, 0.1) is 23.9 Å². The van der Waals surface area contributed by atoms with Crippen LogP contribution in [0.5, 0.6) is 11.8 Å². The summed E-state index contributed by atoms with van der Waals surface area (Å²) in [5.74, 6) is -0.928. The number of nitrogens with zero attached hydrogens (tertiary/aromatic N) is 4. The number of aliphatic hydroxyl groups is 1. The van der Waals surface area contributed by atoms with E-state index >= 15 is 0 Å². The lowest BCUT2D eigenvalue weighted by molar-refractivity contribution is 0.115. The van der Waals surface area contributed by atoms with Crippen molar-refractivity contribution in [3.05, 3.63) is 36.4 Å². The van der Waals surface area contributed by atoms with Gasteiger partial charge in [0, 0.05) is 12.7 Å². The topological polar surface area (TPSA) is 93.8 Å². The summed E-state index contributed by atoms with van der Waals surface area (Å²) in [6.07, 6.45) is 4.38. The van der Waals surface area contributed by atoms with Gasteiger partial charge in [0.25, 0.3) is 11.8 Å². The number of piperidine rings is 1. The minimum atomic E-state index is -0.772. The molecule has 1 aliphatic heterocycles. The van der Waals surface area contributed by atoms with Gasteiger partial charge in [-0.3, -0.25) is 0 Å². The third kappa shape index (κ3) is 3.76. The quantitative estimate of drug-likeness (QED) is 0.666. The van der Waals surface area contributed by atoms with Crippen LogP contribution in [0.25, 0.3) is 16.9 Å². The monoisotopic (exact) mass is 387 g/mol. The minimum absolute atomic E-state index is 0.158. The standard InChI is InChI=1S/C19H22FN5O3/c1-12(11-26)27-18-16(20)19(28-13-5-4-7-21-9-13)24-17(23-18)14-10-22-25-8-3-2-6-15(14)25/h2-3,6,8,10,12-13,21,26H,4-5,7,9,11H2,1H3/t12?,13-/m1/s1. The molecule has 148 valence electrons. The maximum atomic E-state index is 15.0. The predicted octanol–water partition coefficient (Wildman–Crippen LogP) is 1.82. The van der Waals surface area contributed by atoms with Crippen LogP contribution in [0.15, 0.2) is 30.6 Å². The molecule has 3 aromatic rings. The van der Waals surface area contributed by atoms with E-state index in [1.54, 1.807) is 23.8 Å². The molecule has 2 N–H and O–H groups in total. The van der Waals surface area contributed by atoms with E-state index in [9.17, 15) is 9.50 Å². The summed E-state index contributed by atoms with van der Waals surface area (Å²) in [6, 6.07) is 5.61. The number of ether oxygens (including phenoxy) is 2. The van der Waals surface area contributed by atoms with Crippen molar-refractivity contribution in [3.63, 3.8) is 0 Å². The molecular weight excluding hydrogens is 365 g/mol. The van der Waals surface area contributed by atoms with Gasteiger partial charge in [-0.05, 0) is 38.4 Å². The number of halogens is 1. The van der Waals surface area contributed by atoms with Crippen molar-refractivity contribution in [1.29, 1.82) is 0 Å². The first-order valence-corrected chi connectivity index (χ1v) is 9.31. The Bertz CT molecular complexity index is 958. The highest BCUT2D eigenvalue weighted by Gasteiger charge is 2.24. The van der Waals surface area contributed by atoms with E-state index in [0.29, 0.717) is 12.1 Å². The molecule has 2 atom stereocenters. The van der Waals surface area contributed by atoms with Crippen LogP contribution in [0.2, 0.25) is 0 Å². The van der Waals surface area contributed by atoms with Gasteiger partial charge in [0.2, 0.25) is 5.82 Å². The summed E-state index contributed by atoms with van der Waals surface area (Å²) in [7, 11) is 0. The van der Waals surface area contributed by atoms with Crippen LogP contribution >= 0.6 is 0 Å². The molecule has 1 aliphatic rings. The highest BCUT2D eigenvalue weighted by atomic mass is 19.1.